The first-order chi connectivity index (χ1) is 9.25. The van der Waals surface area contributed by atoms with Crippen molar-refractivity contribution in [2.24, 2.45) is 0 Å². The molecule has 96 valence electrons. The van der Waals surface area contributed by atoms with Gasteiger partial charge in [0.1, 0.15) is 5.75 Å². The third-order valence-electron chi connectivity index (χ3n) is 3.54. The Morgan fingerprint density at radius 1 is 1.11 bits per heavy atom. The first-order valence-corrected chi connectivity index (χ1v) is 6.42. The zero-order chi connectivity index (χ0) is 13.2. The molecule has 0 radical (unpaired) electrons. The molecular weight excluding hydrogens is 238 g/mol. The third-order valence-corrected chi connectivity index (χ3v) is 3.54. The van der Waals surface area contributed by atoms with Crippen LogP contribution in [0.25, 0.3) is 0 Å². The van der Waals surface area contributed by atoms with Crippen molar-refractivity contribution < 1.29 is 9.90 Å². The molecule has 0 amide bonds. The zero-order valence-electron chi connectivity index (χ0n) is 10.5. The predicted octanol–water partition coefficient (Wildman–Crippen LogP) is 3.00. The number of anilines is 1. The van der Waals surface area contributed by atoms with Gasteiger partial charge in [-0.1, -0.05) is 36.4 Å². The van der Waals surface area contributed by atoms with Crippen LogP contribution in [0.1, 0.15) is 22.3 Å². The number of benzene rings is 2. The largest absolute Gasteiger partial charge is 0.508 e. The van der Waals surface area contributed by atoms with Crippen molar-refractivity contribution in [2.75, 3.05) is 5.32 Å². The average Bonchev–Trinajstić information content (AvgIpc) is 2.47. The Hall–Kier alpha value is -2.29. The van der Waals surface area contributed by atoms with Crippen molar-refractivity contribution in [1.82, 2.24) is 0 Å². The van der Waals surface area contributed by atoms with Gasteiger partial charge in [0.05, 0.1) is 6.04 Å². The summed E-state index contributed by atoms with van der Waals surface area (Å²) in [7, 11) is 0. The van der Waals surface area contributed by atoms with E-state index in [0.29, 0.717) is 12.2 Å². The van der Waals surface area contributed by atoms with Crippen LogP contribution in [0.3, 0.4) is 0 Å². The smallest absolute Gasteiger partial charge is 0.185 e. The summed E-state index contributed by atoms with van der Waals surface area (Å²) >= 11 is 0. The van der Waals surface area contributed by atoms with Gasteiger partial charge in [0.25, 0.3) is 0 Å². The number of carbonyl (C=O) groups is 1. The molecule has 3 heteroatoms. The predicted molar refractivity (Wildman–Crippen MR) is 74.6 cm³/mol. The molecule has 0 aromatic heterocycles. The minimum atomic E-state index is -0.211. The van der Waals surface area contributed by atoms with Crippen LogP contribution in [-0.4, -0.2) is 16.9 Å². The van der Waals surface area contributed by atoms with Crippen molar-refractivity contribution in [2.45, 2.75) is 18.9 Å². The summed E-state index contributed by atoms with van der Waals surface area (Å²) in [6.07, 6.45) is 1.43. The molecule has 2 aromatic carbocycles. The van der Waals surface area contributed by atoms with Crippen LogP contribution in [0.5, 0.6) is 5.75 Å². The first kappa shape index (κ1) is 11.8. The number of hydrogen-bond donors (Lipinski definition) is 2. The lowest BCUT2D eigenvalue weighted by atomic mass is 9.92. The molecule has 19 heavy (non-hydrogen) atoms. The summed E-state index contributed by atoms with van der Waals surface area (Å²) in [5, 5.41) is 13.0. The molecule has 1 aliphatic rings. The summed E-state index contributed by atoms with van der Waals surface area (Å²) in [4.78, 5) is 12.4. The van der Waals surface area contributed by atoms with E-state index >= 15 is 0 Å². The molecule has 0 bridgehead atoms. The molecule has 3 rings (SSSR count). The molecule has 1 heterocycles. The van der Waals surface area contributed by atoms with Gasteiger partial charge in [-0.05, 0) is 25.0 Å². The maximum absolute atomic E-state index is 12.4. The van der Waals surface area contributed by atoms with E-state index in [2.05, 4.69) is 5.32 Å². The zero-order valence-corrected chi connectivity index (χ0v) is 10.5. The Labute approximate surface area is 111 Å². The molecule has 1 unspecified atom stereocenters. The lowest BCUT2D eigenvalue weighted by molar-refractivity contribution is 0.0964. The number of ketones is 1. The number of carbonyl (C=O) groups excluding carboxylic acids is 1. The Morgan fingerprint density at radius 3 is 2.68 bits per heavy atom. The molecule has 0 spiro atoms. The molecular formula is C16H15NO2. The molecule has 0 fully saturated rings. The quantitative estimate of drug-likeness (QED) is 0.809. The number of phenolic OH excluding ortho intramolecular Hbond substituents is 1. The number of Topliss-reactive ketones (excluding diaryl/α,β-unsaturated/α-hetero) is 1. The lowest BCUT2D eigenvalue weighted by Crippen LogP contribution is -2.33. The van der Waals surface area contributed by atoms with Gasteiger partial charge in [-0.3, -0.25) is 4.79 Å². The van der Waals surface area contributed by atoms with Crippen molar-refractivity contribution in [1.29, 1.82) is 0 Å². The van der Waals surface area contributed by atoms with Crippen molar-refractivity contribution in [3.63, 3.8) is 0 Å². The molecule has 0 saturated carbocycles. The Balaban J connectivity index is 1.85. The minimum absolute atomic E-state index is 0.106. The first-order valence-electron chi connectivity index (χ1n) is 6.42. The SMILES string of the molecule is O=C(c1ccccc1)C1CCc2c(O)cccc2N1. The maximum atomic E-state index is 12.4. The summed E-state index contributed by atoms with van der Waals surface area (Å²) in [5.41, 5.74) is 2.49. The highest BCUT2D eigenvalue weighted by Gasteiger charge is 2.25. The number of phenols is 1. The van der Waals surface area contributed by atoms with Gasteiger partial charge in [-0.2, -0.15) is 0 Å². The molecule has 3 nitrogen and oxygen atoms in total. The van der Waals surface area contributed by atoms with Crippen molar-refractivity contribution >= 4 is 11.5 Å². The third kappa shape index (κ3) is 2.19. The number of fused-ring (bicyclic) bond motifs is 1. The van der Waals surface area contributed by atoms with Crippen LogP contribution >= 0.6 is 0 Å². The molecule has 0 saturated heterocycles. The van der Waals surface area contributed by atoms with E-state index in [9.17, 15) is 9.90 Å². The fourth-order valence-electron chi connectivity index (χ4n) is 2.52. The Morgan fingerprint density at radius 2 is 1.89 bits per heavy atom. The highest BCUT2D eigenvalue weighted by Crippen LogP contribution is 2.32. The van der Waals surface area contributed by atoms with Crippen LogP contribution in [0.4, 0.5) is 5.69 Å². The summed E-state index contributed by atoms with van der Waals surface area (Å²) in [5.74, 6) is 0.408. The number of rotatable bonds is 2. The summed E-state index contributed by atoms with van der Waals surface area (Å²) in [6.45, 7) is 0. The number of aromatic hydroxyl groups is 1. The van der Waals surface area contributed by atoms with Crippen LogP contribution in [0.2, 0.25) is 0 Å². The van der Waals surface area contributed by atoms with Gasteiger partial charge in [-0.15, -0.1) is 0 Å². The van der Waals surface area contributed by atoms with Crippen LogP contribution in [-0.2, 0) is 6.42 Å². The summed E-state index contributed by atoms with van der Waals surface area (Å²) < 4.78 is 0. The van der Waals surface area contributed by atoms with Gasteiger partial charge in [0, 0.05) is 16.8 Å². The average molecular weight is 253 g/mol. The molecule has 2 aromatic rings. The van der Waals surface area contributed by atoms with E-state index in [1.54, 1.807) is 12.1 Å². The van der Waals surface area contributed by atoms with E-state index < -0.39 is 0 Å². The molecule has 1 atom stereocenters. The normalized spacial score (nSPS) is 17.4. The fraction of sp³-hybridized carbons (Fsp3) is 0.188. The highest BCUT2D eigenvalue weighted by molar-refractivity contribution is 6.02. The fourth-order valence-corrected chi connectivity index (χ4v) is 2.52. The Kier molecular flexibility index (Phi) is 2.95. The van der Waals surface area contributed by atoms with Gasteiger partial charge in [0.2, 0.25) is 0 Å². The van der Waals surface area contributed by atoms with E-state index in [4.69, 9.17) is 0 Å². The molecule has 0 aliphatic carbocycles. The minimum Gasteiger partial charge on any atom is -0.508 e. The standard InChI is InChI=1S/C16H15NO2/c18-15-8-4-7-13-12(15)9-10-14(17-13)16(19)11-5-2-1-3-6-11/h1-8,14,17-18H,9-10H2. The second kappa shape index (κ2) is 4.76. The maximum Gasteiger partial charge on any atom is 0.185 e. The second-order valence-electron chi connectivity index (χ2n) is 4.77. The number of hydrogen-bond acceptors (Lipinski definition) is 3. The van der Waals surface area contributed by atoms with Crippen LogP contribution in [0, 0.1) is 0 Å². The molecule has 2 N–H and O–H groups in total. The lowest BCUT2D eigenvalue weighted by Gasteiger charge is -2.26. The van der Waals surface area contributed by atoms with E-state index in [0.717, 1.165) is 23.2 Å². The monoisotopic (exact) mass is 253 g/mol. The van der Waals surface area contributed by atoms with Gasteiger partial charge < -0.3 is 10.4 Å². The van der Waals surface area contributed by atoms with E-state index in [-0.39, 0.29) is 11.8 Å². The summed E-state index contributed by atoms with van der Waals surface area (Å²) in [6, 6.07) is 14.5. The van der Waals surface area contributed by atoms with E-state index in [1.165, 1.54) is 0 Å². The van der Waals surface area contributed by atoms with Gasteiger partial charge >= 0.3 is 0 Å². The second-order valence-corrected chi connectivity index (χ2v) is 4.77. The topological polar surface area (TPSA) is 49.3 Å². The van der Waals surface area contributed by atoms with E-state index in [1.807, 2.05) is 36.4 Å². The van der Waals surface area contributed by atoms with Crippen LogP contribution in [0.15, 0.2) is 48.5 Å². The van der Waals surface area contributed by atoms with Crippen LogP contribution < -0.4 is 5.32 Å². The highest BCUT2D eigenvalue weighted by atomic mass is 16.3. The van der Waals surface area contributed by atoms with Gasteiger partial charge in [0.15, 0.2) is 5.78 Å². The van der Waals surface area contributed by atoms with Crippen molar-refractivity contribution in [3.05, 3.63) is 59.7 Å². The van der Waals surface area contributed by atoms with Crippen molar-refractivity contribution in [3.8, 4) is 5.75 Å². The molecule has 1 aliphatic heterocycles. The Bertz CT molecular complexity index is 607. The van der Waals surface area contributed by atoms with Gasteiger partial charge in [-0.25, -0.2) is 0 Å². The number of nitrogens with one attached hydrogen (secondary N) is 1.